The van der Waals surface area contributed by atoms with Crippen LogP contribution in [-0.2, 0) is 6.54 Å². The summed E-state index contributed by atoms with van der Waals surface area (Å²) >= 11 is 0. The van der Waals surface area contributed by atoms with E-state index in [2.05, 4.69) is 18.2 Å². The number of benzene rings is 3. The minimum Gasteiger partial charge on any atom is -0.457 e. The fourth-order valence-corrected chi connectivity index (χ4v) is 2.68. The van der Waals surface area contributed by atoms with Gasteiger partial charge in [0.2, 0.25) is 0 Å². The van der Waals surface area contributed by atoms with Crippen molar-refractivity contribution in [1.29, 1.82) is 0 Å². The molecule has 3 aromatic carbocycles. The first-order valence-electron chi connectivity index (χ1n) is 8.81. The van der Waals surface area contributed by atoms with Crippen molar-refractivity contribution in [3.8, 4) is 5.75 Å². The second-order valence-electron chi connectivity index (χ2n) is 6.04. The number of hydrogen-bond acceptors (Lipinski definition) is 2. The lowest BCUT2D eigenvalue weighted by Gasteiger charge is -2.11. The Hall–Kier alpha value is -3.13. The summed E-state index contributed by atoms with van der Waals surface area (Å²) in [6, 6.07) is 28.5. The van der Waals surface area contributed by atoms with Crippen LogP contribution in [0.1, 0.15) is 30.5 Å². The molecule has 0 bridgehead atoms. The first-order valence-corrected chi connectivity index (χ1v) is 8.81. The molecule has 0 aliphatic carbocycles. The van der Waals surface area contributed by atoms with E-state index in [1.807, 2.05) is 86.7 Å². The first kappa shape index (κ1) is 17.7. The van der Waals surface area contributed by atoms with E-state index >= 15 is 0 Å². The topological polar surface area (TPSA) is 21.6 Å². The Morgan fingerprint density at radius 2 is 1.50 bits per heavy atom. The smallest absolute Gasteiger partial charge is 0.130 e. The summed E-state index contributed by atoms with van der Waals surface area (Å²) in [5.74, 6) is 1.66. The lowest BCUT2D eigenvalue weighted by atomic mass is 10.1. The van der Waals surface area contributed by atoms with Crippen LogP contribution in [0.5, 0.6) is 5.75 Å². The average Bonchev–Trinajstić information content (AvgIpc) is 2.72. The van der Waals surface area contributed by atoms with Gasteiger partial charge in [0.25, 0.3) is 0 Å². The van der Waals surface area contributed by atoms with Gasteiger partial charge in [0.15, 0.2) is 0 Å². The Balaban J connectivity index is 1.75. The maximum absolute atomic E-state index is 6.11. The van der Waals surface area contributed by atoms with Crippen molar-refractivity contribution in [1.82, 2.24) is 0 Å². The molecule has 130 valence electrons. The average molecular weight is 341 g/mol. The van der Waals surface area contributed by atoms with E-state index in [-0.39, 0.29) is 0 Å². The van der Waals surface area contributed by atoms with Crippen LogP contribution in [0.2, 0.25) is 0 Å². The Morgan fingerprint density at radius 3 is 2.19 bits per heavy atom. The van der Waals surface area contributed by atoms with Crippen LogP contribution < -0.4 is 4.74 Å². The summed E-state index contributed by atoms with van der Waals surface area (Å²) in [5.41, 5.74) is 4.34. The maximum atomic E-state index is 6.11. The molecule has 0 saturated carbocycles. The molecule has 3 aromatic rings. The van der Waals surface area contributed by atoms with Crippen molar-refractivity contribution >= 4 is 11.5 Å². The molecule has 0 aliphatic rings. The molecule has 0 radical (unpaired) electrons. The lowest BCUT2D eigenvalue weighted by Crippen LogP contribution is -1.99. The molecule has 0 N–H and O–H groups in total. The third kappa shape index (κ3) is 4.70. The summed E-state index contributed by atoms with van der Waals surface area (Å²) in [6.07, 6.45) is 1.98. The van der Waals surface area contributed by atoms with E-state index in [0.717, 1.165) is 28.3 Å². The highest BCUT2D eigenvalue weighted by molar-refractivity contribution is 5.99. The first-order chi connectivity index (χ1) is 12.8. The van der Waals surface area contributed by atoms with Crippen LogP contribution in [0.4, 0.5) is 0 Å². The molecule has 0 saturated heterocycles. The molecule has 26 heavy (non-hydrogen) atoms. The van der Waals surface area contributed by atoms with Gasteiger partial charge in [0.1, 0.15) is 11.5 Å². The zero-order valence-electron chi connectivity index (χ0n) is 15.2. The summed E-state index contributed by atoms with van der Waals surface area (Å²) < 4.78 is 6.11. The molecule has 0 aromatic heterocycles. The highest BCUT2D eigenvalue weighted by atomic mass is 16.5. The number of hydrogen-bond donors (Lipinski definition) is 0. The van der Waals surface area contributed by atoms with Crippen molar-refractivity contribution in [2.75, 3.05) is 0 Å². The van der Waals surface area contributed by atoms with Gasteiger partial charge in [-0.2, -0.15) is 0 Å². The minimum absolute atomic E-state index is 0.682. The van der Waals surface area contributed by atoms with E-state index in [0.29, 0.717) is 6.54 Å². The molecule has 3 rings (SSSR count). The van der Waals surface area contributed by atoms with Gasteiger partial charge < -0.3 is 4.74 Å². The molecule has 0 spiro atoms. The van der Waals surface area contributed by atoms with Crippen LogP contribution in [-0.4, -0.2) is 5.71 Å². The van der Waals surface area contributed by atoms with Gasteiger partial charge in [-0.3, -0.25) is 4.99 Å². The third-order valence-electron chi connectivity index (χ3n) is 4.14. The Labute approximate surface area is 155 Å². The van der Waals surface area contributed by atoms with Gasteiger partial charge in [0.05, 0.1) is 6.54 Å². The van der Waals surface area contributed by atoms with E-state index in [9.17, 15) is 0 Å². The van der Waals surface area contributed by atoms with Gasteiger partial charge in [-0.1, -0.05) is 72.8 Å². The van der Waals surface area contributed by atoms with Crippen molar-refractivity contribution in [3.05, 3.63) is 108 Å². The van der Waals surface area contributed by atoms with Crippen molar-refractivity contribution in [3.63, 3.8) is 0 Å². The van der Waals surface area contributed by atoms with Crippen molar-refractivity contribution < 1.29 is 4.74 Å². The maximum Gasteiger partial charge on any atom is 0.130 e. The van der Waals surface area contributed by atoms with Crippen molar-refractivity contribution in [2.45, 2.75) is 20.4 Å². The normalized spacial score (nSPS) is 12.1. The standard InChI is InChI=1S/C24H23NO/c1-3-24(21-13-8-5-9-14-21)26-23-16-10-15-22(17-23)19(2)25-18-20-11-6-4-7-12-20/h3-17H,18H2,1-2H3/b24-3+,25-19?. The van der Waals surface area contributed by atoms with Crippen LogP contribution in [0, 0.1) is 0 Å². The molecule has 0 aliphatic heterocycles. The van der Waals surface area contributed by atoms with E-state index < -0.39 is 0 Å². The summed E-state index contributed by atoms with van der Waals surface area (Å²) in [6.45, 7) is 4.70. The number of aliphatic imine (C=N–C) groups is 1. The number of ether oxygens (including phenoxy) is 1. The van der Waals surface area contributed by atoms with E-state index in [4.69, 9.17) is 9.73 Å². The molecule has 0 amide bonds. The second-order valence-corrected chi connectivity index (χ2v) is 6.04. The Morgan fingerprint density at radius 1 is 0.846 bits per heavy atom. The molecule has 0 unspecified atom stereocenters. The fourth-order valence-electron chi connectivity index (χ4n) is 2.68. The molecule has 0 fully saturated rings. The van der Waals surface area contributed by atoms with Crippen LogP contribution in [0.25, 0.3) is 5.76 Å². The third-order valence-corrected chi connectivity index (χ3v) is 4.14. The molecular formula is C24H23NO. The zero-order valence-corrected chi connectivity index (χ0v) is 15.2. The molecule has 0 atom stereocenters. The number of rotatable bonds is 6. The van der Waals surface area contributed by atoms with Gasteiger partial charge in [-0.15, -0.1) is 0 Å². The van der Waals surface area contributed by atoms with Crippen LogP contribution in [0.15, 0.2) is 96.0 Å². The molecule has 2 heteroatoms. The van der Waals surface area contributed by atoms with Crippen molar-refractivity contribution in [2.24, 2.45) is 4.99 Å². The Kier molecular flexibility index (Phi) is 6.00. The highest BCUT2D eigenvalue weighted by Crippen LogP contribution is 2.22. The quantitative estimate of drug-likeness (QED) is 0.390. The van der Waals surface area contributed by atoms with Gasteiger partial charge >= 0.3 is 0 Å². The van der Waals surface area contributed by atoms with E-state index in [1.165, 1.54) is 5.56 Å². The molecule has 0 heterocycles. The highest BCUT2D eigenvalue weighted by Gasteiger charge is 2.05. The molecule has 2 nitrogen and oxygen atoms in total. The zero-order chi connectivity index (χ0) is 18.2. The fraction of sp³-hybridized carbons (Fsp3) is 0.125. The lowest BCUT2D eigenvalue weighted by molar-refractivity contribution is 0.514. The SMILES string of the molecule is C/C=C(/Oc1cccc(C(C)=NCc2ccccc2)c1)c1ccccc1. The second kappa shape index (κ2) is 8.82. The predicted octanol–water partition coefficient (Wildman–Crippen LogP) is 6.14. The van der Waals surface area contributed by atoms with Gasteiger partial charge in [0, 0.05) is 11.3 Å². The predicted molar refractivity (Wildman–Crippen MR) is 110 cm³/mol. The number of nitrogens with zero attached hydrogens (tertiary/aromatic N) is 1. The van der Waals surface area contributed by atoms with E-state index in [1.54, 1.807) is 0 Å². The molecular weight excluding hydrogens is 318 g/mol. The summed E-state index contributed by atoms with van der Waals surface area (Å²) in [7, 11) is 0. The number of allylic oxidation sites excluding steroid dienone is 1. The van der Waals surface area contributed by atoms with Crippen LogP contribution in [0.3, 0.4) is 0 Å². The summed E-state index contributed by atoms with van der Waals surface area (Å²) in [5, 5.41) is 0. The monoisotopic (exact) mass is 341 g/mol. The van der Waals surface area contributed by atoms with Gasteiger partial charge in [-0.25, -0.2) is 0 Å². The summed E-state index contributed by atoms with van der Waals surface area (Å²) in [4.78, 5) is 4.71. The largest absolute Gasteiger partial charge is 0.457 e. The minimum atomic E-state index is 0.682. The Bertz CT molecular complexity index is 896. The van der Waals surface area contributed by atoms with Crippen LogP contribution >= 0.6 is 0 Å². The van der Waals surface area contributed by atoms with Gasteiger partial charge in [-0.05, 0) is 43.2 Å².